The number of phosphoric ester groups is 1. The summed E-state index contributed by atoms with van der Waals surface area (Å²) < 4.78 is 77.3. The lowest BCUT2D eigenvalue weighted by Gasteiger charge is -2.31. The second kappa shape index (κ2) is 16.3. The molecule has 3 aromatic carbocycles. The van der Waals surface area contributed by atoms with Gasteiger partial charge in [-0.15, -0.1) is 5.10 Å². The second-order valence-electron chi connectivity index (χ2n) is 15.1. The van der Waals surface area contributed by atoms with E-state index >= 15 is 0 Å². The molecule has 0 aliphatic rings. The molecule has 2 heterocycles. The van der Waals surface area contributed by atoms with E-state index in [1.54, 1.807) is 103 Å². The number of nitrogens with one attached hydrogen (secondary N) is 1. The number of carbonyl (C=O) groups excluding carboxylic acids is 1. The van der Waals surface area contributed by atoms with E-state index in [0.717, 1.165) is 16.7 Å². The van der Waals surface area contributed by atoms with Crippen LogP contribution < -0.4 is 15.0 Å². The topological polar surface area (TPSA) is 188 Å². The first kappa shape index (κ1) is 42.9. The van der Waals surface area contributed by atoms with Crippen LogP contribution in [-0.4, -0.2) is 64.7 Å². The Bertz CT molecular complexity index is 2430. The van der Waals surface area contributed by atoms with Crippen molar-refractivity contribution in [1.82, 2.24) is 14.6 Å². The van der Waals surface area contributed by atoms with Crippen LogP contribution in [0, 0.1) is 5.82 Å². The Labute approximate surface area is 330 Å². The number of pyridine rings is 1. The third kappa shape index (κ3) is 10.6. The van der Waals surface area contributed by atoms with Gasteiger partial charge < -0.3 is 15.2 Å². The third-order valence-corrected chi connectivity index (χ3v) is 11.3. The SMILES string of the molecule is COc1c(N(C(=O)O)c2nc3ccc(-c4ccc(NC(=O)[C@H](C)c5ccc(F)cc5)cc4)cn3n2)ccc(S(C)(=O)=O)c1COP(=O)(OC(C)(C)C)OC(C)(C)C. The molecular formula is C39H45FN5O10PS. The van der Waals surface area contributed by atoms with Gasteiger partial charge in [0.05, 0.1) is 41.4 Å². The smallest absolute Gasteiger partial charge is 0.476 e. The summed E-state index contributed by atoms with van der Waals surface area (Å²) in [7, 11) is -7.11. The Morgan fingerprint density at radius 1 is 0.930 bits per heavy atom. The molecule has 5 aromatic rings. The van der Waals surface area contributed by atoms with Crippen LogP contribution in [0.4, 0.5) is 26.5 Å². The molecule has 1 atom stereocenters. The summed E-state index contributed by atoms with van der Waals surface area (Å²) in [5, 5.41) is 17.8. The highest BCUT2D eigenvalue weighted by Crippen LogP contribution is 2.56. The number of aromatic nitrogens is 3. The Balaban J connectivity index is 1.46. The van der Waals surface area contributed by atoms with Crippen molar-refractivity contribution >= 4 is 52.6 Å². The first-order valence-electron chi connectivity index (χ1n) is 17.6. The maximum Gasteiger partial charge on any atom is 0.476 e. The van der Waals surface area contributed by atoms with Crippen LogP contribution in [0.3, 0.4) is 0 Å². The average Bonchev–Trinajstić information content (AvgIpc) is 3.51. The predicted octanol–water partition coefficient (Wildman–Crippen LogP) is 8.76. The molecular weight excluding hydrogens is 780 g/mol. The minimum Gasteiger partial charge on any atom is -0.494 e. The second-order valence-corrected chi connectivity index (χ2v) is 18.6. The minimum atomic E-state index is -4.36. The lowest BCUT2D eigenvalue weighted by atomic mass is 10.00. The van der Waals surface area contributed by atoms with Crippen molar-refractivity contribution in [2.45, 2.75) is 77.1 Å². The van der Waals surface area contributed by atoms with Gasteiger partial charge in [-0.3, -0.25) is 18.4 Å². The van der Waals surface area contributed by atoms with Gasteiger partial charge in [-0.05, 0) is 108 Å². The number of ether oxygens (including phenoxy) is 1. The number of phosphoric acid groups is 1. The molecule has 2 aromatic heterocycles. The van der Waals surface area contributed by atoms with E-state index in [4.69, 9.17) is 18.3 Å². The Morgan fingerprint density at radius 2 is 1.53 bits per heavy atom. The summed E-state index contributed by atoms with van der Waals surface area (Å²) in [5.41, 5.74) is 0.663. The number of sulfone groups is 1. The lowest BCUT2D eigenvalue weighted by molar-refractivity contribution is -0.117. The molecule has 2 N–H and O–H groups in total. The van der Waals surface area contributed by atoms with E-state index < -0.39 is 47.5 Å². The van der Waals surface area contributed by atoms with Crippen molar-refractivity contribution in [3.63, 3.8) is 0 Å². The zero-order valence-corrected chi connectivity index (χ0v) is 34.6. The molecule has 57 heavy (non-hydrogen) atoms. The molecule has 0 spiro atoms. The van der Waals surface area contributed by atoms with Gasteiger partial charge in [0, 0.05) is 29.3 Å². The van der Waals surface area contributed by atoms with E-state index in [2.05, 4.69) is 15.4 Å². The van der Waals surface area contributed by atoms with E-state index in [-0.39, 0.29) is 45.2 Å². The van der Waals surface area contributed by atoms with Crippen LogP contribution in [-0.2, 0) is 39.4 Å². The molecule has 15 nitrogen and oxygen atoms in total. The zero-order valence-electron chi connectivity index (χ0n) is 32.9. The summed E-state index contributed by atoms with van der Waals surface area (Å²) >= 11 is 0. The van der Waals surface area contributed by atoms with Crippen molar-refractivity contribution in [3.8, 4) is 16.9 Å². The quantitative estimate of drug-likeness (QED) is 0.108. The van der Waals surface area contributed by atoms with Gasteiger partial charge in [0.15, 0.2) is 15.5 Å². The predicted molar refractivity (Wildman–Crippen MR) is 212 cm³/mol. The van der Waals surface area contributed by atoms with Gasteiger partial charge in [0.2, 0.25) is 5.91 Å². The molecule has 0 fully saturated rings. The fraction of sp³-hybridized carbons (Fsp3) is 0.333. The molecule has 0 aliphatic heterocycles. The molecule has 304 valence electrons. The molecule has 0 unspecified atom stereocenters. The Hall–Kier alpha value is -5.19. The van der Waals surface area contributed by atoms with Gasteiger partial charge in [0.1, 0.15) is 11.6 Å². The largest absolute Gasteiger partial charge is 0.494 e. The lowest BCUT2D eigenvalue weighted by Crippen LogP contribution is -2.26. The molecule has 0 saturated carbocycles. The fourth-order valence-electron chi connectivity index (χ4n) is 5.70. The first-order valence-corrected chi connectivity index (χ1v) is 20.9. The van der Waals surface area contributed by atoms with Crippen LogP contribution >= 0.6 is 7.82 Å². The zero-order chi connectivity index (χ0) is 42.1. The highest BCUT2D eigenvalue weighted by molar-refractivity contribution is 7.90. The molecule has 0 saturated heterocycles. The fourth-order valence-corrected chi connectivity index (χ4v) is 8.39. The maximum atomic E-state index is 13.9. The van der Waals surface area contributed by atoms with Crippen LogP contribution in [0.15, 0.2) is 83.9 Å². The summed E-state index contributed by atoms with van der Waals surface area (Å²) in [6.45, 7) is 10.9. The number of rotatable bonds is 13. The van der Waals surface area contributed by atoms with E-state index in [0.29, 0.717) is 16.8 Å². The van der Waals surface area contributed by atoms with Crippen molar-refractivity contribution in [1.29, 1.82) is 0 Å². The summed E-state index contributed by atoms with van der Waals surface area (Å²) in [5.74, 6) is -1.68. The molecule has 0 aliphatic carbocycles. The summed E-state index contributed by atoms with van der Waals surface area (Å²) in [6, 6.07) is 18.6. The third-order valence-electron chi connectivity index (χ3n) is 8.14. The number of carboxylic acid groups (broad SMARTS) is 1. The monoisotopic (exact) mass is 825 g/mol. The molecule has 0 bridgehead atoms. The number of anilines is 3. The number of halogens is 1. The highest BCUT2D eigenvalue weighted by Gasteiger charge is 2.39. The van der Waals surface area contributed by atoms with Gasteiger partial charge >= 0.3 is 13.9 Å². The number of carbonyl (C=O) groups is 2. The van der Waals surface area contributed by atoms with Crippen LogP contribution in [0.1, 0.15) is 65.5 Å². The van der Waals surface area contributed by atoms with E-state index in [9.17, 15) is 32.1 Å². The Kier molecular flexibility index (Phi) is 12.3. The van der Waals surface area contributed by atoms with Crippen LogP contribution in [0.25, 0.3) is 16.8 Å². The van der Waals surface area contributed by atoms with Gasteiger partial charge in [-0.2, -0.15) is 4.98 Å². The van der Waals surface area contributed by atoms with Crippen molar-refractivity contribution in [2.24, 2.45) is 0 Å². The maximum absolute atomic E-state index is 13.9. The van der Waals surface area contributed by atoms with Crippen molar-refractivity contribution < 1.29 is 50.4 Å². The highest BCUT2D eigenvalue weighted by atomic mass is 32.2. The Morgan fingerprint density at radius 3 is 2.07 bits per heavy atom. The number of methoxy groups -OCH3 is 1. The number of amides is 2. The molecule has 5 rings (SSSR count). The number of benzene rings is 3. The van der Waals surface area contributed by atoms with E-state index in [1.807, 2.05) is 0 Å². The van der Waals surface area contributed by atoms with Crippen LogP contribution in [0.5, 0.6) is 5.75 Å². The minimum absolute atomic E-state index is 0.144. The van der Waals surface area contributed by atoms with Gasteiger partial charge in [0.25, 0.3) is 5.95 Å². The standard InChI is InChI=1S/C39H45FN5O10PS/c1-24(25-10-15-28(40)16-11-25)35(46)41-29-17-12-26(13-18-29)27-14-21-33-42-36(43-44(33)22-27)45(37(47)48)31-19-20-32(57(9,50)51)30(34(31)52-8)23-53-56(49,54-38(2,3)4)55-39(5,6)7/h10-22,24H,23H2,1-9H3,(H,41,46)(H,47,48)/t24-/m1/s1. The number of hydrogen-bond donors (Lipinski definition) is 2. The number of hydrogen-bond acceptors (Lipinski definition) is 11. The number of nitrogens with zero attached hydrogens (tertiary/aromatic N) is 4. The molecule has 0 radical (unpaired) electrons. The molecule has 2 amide bonds. The van der Waals surface area contributed by atoms with E-state index in [1.165, 1.54) is 35.9 Å². The summed E-state index contributed by atoms with van der Waals surface area (Å²) in [4.78, 5) is 30.6. The number of fused-ring (bicyclic) bond motifs is 1. The first-order chi connectivity index (χ1) is 26.5. The summed E-state index contributed by atoms with van der Waals surface area (Å²) in [6.07, 6.45) is 1.08. The normalized spacial score (nSPS) is 13.0. The van der Waals surface area contributed by atoms with Gasteiger partial charge in [-0.25, -0.2) is 31.6 Å². The van der Waals surface area contributed by atoms with Crippen molar-refractivity contribution in [2.75, 3.05) is 23.6 Å². The van der Waals surface area contributed by atoms with Crippen LogP contribution in [0.2, 0.25) is 0 Å². The molecule has 18 heteroatoms. The van der Waals surface area contributed by atoms with Crippen molar-refractivity contribution in [3.05, 3.63) is 95.9 Å². The van der Waals surface area contributed by atoms with Gasteiger partial charge in [-0.1, -0.05) is 24.3 Å². The average molecular weight is 826 g/mol.